The average Bonchev–Trinajstić information content (AvgIpc) is 3.21. The molecule has 3 heterocycles. The number of Topliss-reactive ketones (excluding diaryl/α,β-unsaturated/α-hetero) is 1. The Morgan fingerprint density at radius 1 is 1.29 bits per heavy atom. The maximum absolute atomic E-state index is 13.1. The number of anilines is 2. The van der Waals surface area contributed by atoms with Gasteiger partial charge in [0.15, 0.2) is 5.78 Å². The summed E-state index contributed by atoms with van der Waals surface area (Å²) in [6, 6.07) is 5.91. The number of fused-ring (bicyclic) bond motifs is 1. The molecule has 0 amide bonds. The topological polar surface area (TPSA) is 73.9 Å². The maximum Gasteiger partial charge on any atom is 0.416 e. The van der Waals surface area contributed by atoms with Crippen molar-refractivity contribution in [2.75, 3.05) is 29.9 Å². The number of alkyl halides is 3. The molecular formula is C22H24F3N5O. The smallest absolute Gasteiger partial charge is 0.378 e. The Labute approximate surface area is 177 Å². The first-order valence-electron chi connectivity index (χ1n) is 10.3. The first-order valence-corrected chi connectivity index (χ1v) is 10.3. The van der Waals surface area contributed by atoms with Gasteiger partial charge in [-0.1, -0.05) is 6.07 Å². The third-order valence-electron chi connectivity index (χ3n) is 5.78. The van der Waals surface area contributed by atoms with Crippen LogP contribution in [0.25, 0.3) is 11.0 Å². The zero-order chi connectivity index (χ0) is 22.0. The summed E-state index contributed by atoms with van der Waals surface area (Å²) in [5.41, 5.74) is 0.535. The Morgan fingerprint density at radius 3 is 2.94 bits per heavy atom. The van der Waals surface area contributed by atoms with Gasteiger partial charge in [-0.25, -0.2) is 9.97 Å². The van der Waals surface area contributed by atoms with Crippen LogP contribution in [0.5, 0.6) is 0 Å². The van der Waals surface area contributed by atoms with Crippen LogP contribution in [0.2, 0.25) is 0 Å². The fourth-order valence-corrected chi connectivity index (χ4v) is 4.26. The number of carbonyl (C=O) groups is 1. The van der Waals surface area contributed by atoms with Crippen LogP contribution in [0.15, 0.2) is 36.8 Å². The highest BCUT2D eigenvalue weighted by Gasteiger charge is 2.33. The molecular weight excluding hydrogens is 407 g/mol. The number of nitrogens with one attached hydrogen (secondary N) is 2. The van der Waals surface area contributed by atoms with Crippen molar-refractivity contribution >= 4 is 28.3 Å². The molecule has 0 aliphatic carbocycles. The molecule has 1 aliphatic heterocycles. The van der Waals surface area contributed by atoms with E-state index in [9.17, 15) is 18.0 Å². The summed E-state index contributed by atoms with van der Waals surface area (Å²) in [7, 11) is 0. The van der Waals surface area contributed by atoms with Crippen LogP contribution in [-0.2, 0) is 11.0 Å². The predicted molar refractivity (Wildman–Crippen MR) is 113 cm³/mol. The number of H-pyrrole nitrogens is 1. The van der Waals surface area contributed by atoms with Crippen LogP contribution in [0.3, 0.4) is 0 Å². The van der Waals surface area contributed by atoms with Gasteiger partial charge in [-0.3, -0.25) is 4.79 Å². The van der Waals surface area contributed by atoms with E-state index in [-0.39, 0.29) is 23.8 Å². The SMILES string of the molecule is Cc1c(NCC(=O)CC2CCCN(c3ncnc4[nH]ccc34)C2)cccc1C(F)(F)F. The Bertz CT molecular complexity index is 1080. The number of piperidine rings is 1. The number of rotatable bonds is 6. The van der Waals surface area contributed by atoms with Crippen molar-refractivity contribution < 1.29 is 18.0 Å². The molecule has 1 aliphatic rings. The molecule has 1 unspecified atom stereocenters. The summed E-state index contributed by atoms with van der Waals surface area (Å²) >= 11 is 0. The minimum absolute atomic E-state index is 0.00815. The van der Waals surface area contributed by atoms with E-state index in [1.807, 2.05) is 12.3 Å². The quantitative estimate of drug-likeness (QED) is 0.598. The van der Waals surface area contributed by atoms with E-state index in [1.165, 1.54) is 19.3 Å². The number of carbonyl (C=O) groups excluding carboxylic acids is 1. The summed E-state index contributed by atoms with van der Waals surface area (Å²) in [6.45, 7) is 3.00. The minimum Gasteiger partial charge on any atom is -0.378 e. The van der Waals surface area contributed by atoms with Gasteiger partial charge in [0.25, 0.3) is 0 Å². The summed E-state index contributed by atoms with van der Waals surface area (Å²) in [4.78, 5) is 26.5. The predicted octanol–water partition coefficient (Wildman–Crippen LogP) is 4.57. The molecule has 1 fully saturated rings. The number of halogens is 3. The van der Waals surface area contributed by atoms with Crippen LogP contribution >= 0.6 is 0 Å². The normalized spacial score (nSPS) is 17.2. The summed E-state index contributed by atoms with van der Waals surface area (Å²) in [5.74, 6) is 1.02. The number of aromatic amines is 1. The Morgan fingerprint density at radius 2 is 2.13 bits per heavy atom. The third-order valence-corrected chi connectivity index (χ3v) is 5.78. The third kappa shape index (κ3) is 4.65. The summed E-state index contributed by atoms with van der Waals surface area (Å²) in [5, 5.41) is 3.85. The molecule has 2 N–H and O–H groups in total. The molecule has 0 bridgehead atoms. The zero-order valence-electron chi connectivity index (χ0n) is 17.2. The van der Waals surface area contributed by atoms with Gasteiger partial charge in [-0.05, 0) is 49.4 Å². The van der Waals surface area contributed by atoms with E-state index >= 15 is 0 Å². The standard InChI is InChI=1S/C22H24F3N5O/c1-14-18(22(23,24)25)5-2-6-19(14)27-11-16(31)10-15-4-3-9-30(12-15)21-17-7-8-26-20(17)28-13-29-21/h2,5-8,13,15,27H,3-4,9-12H2,1H3,(H,26,28,29). The zero-order valence-corrected chi connectivity index (χ0v) is 17.2. The van der Waals surface area contributed by atoms with E-state index in [2.05, 4.69) is 25.2 Å². The second-order valence-corrected chi connectivity index (χ2v) is 7.96. The molecule has 9 heteroatoms. The van der Waals surface area contributed by atoms with Gasteiger partial charge in [0.1, 0.15) is 17.8 Å². The fraction of sp³-hybridized carbons (Fsp3) is 0.409. The van der Waals surface area contributed by atoms with Crippen molar-refractivity contribution in [3.8, 4) is 0 Å². The number of nitrogens with zero attached hydrogens (tertiary/aromatic N) is 3. The highest BCUT2D eigenvalue weighted by atomic mass is 19.4. The van der Waals surface area contributed by atoms with Gasteiger partial charge < -0.3 is 15.2 Å². The Hall–Kier alpha value is -3.10. The number of hydrogen-bond donors (Lipinski definition) is 2. The van der Waals surface area contributed by atoms with E-state index < -0.39 is 11.7 Å². The first-order chi connectivity index (χ1) is 14.8. The molecule has 0 radical (unpaired) electrons. The van der Waals surface area contributed by atoms with Crippen molar-refractivity contribution in [1.82, 2.24) is 15.0 Å². The van der Waals surface area contributed by atoms with E-state index in [0.29, 0.717) is 18.7 Å². The van der Waals surface area contributed by atoms with E-state index in [4.69, 9.17) is 0 Å². The lowest BCUT2D eigenvalue weighted by molar-refractivity contribution is -0.138. The number of ketones is 1. The van der Waals surface area contributed by atoms with Crippen LogP contribution in [-0.4, -0.2) is 40.4 Å². The van der Waals surface area contributed by atoms with E-state index in [1.54, 1.807) is 6.07 Å². The molecule has 1 saturated heterocycles. The lowest BCUT2D eigenvalue weighted by Gasteiger charge is -2.33. The van der Waals surface area contributed by atoms with Crippen LogP contribution in [0, 0.1) is 12.8 Å². The Kier molecular flexibility index (Phi) is 5.84. The average molecular weight is 431 g/mol. The first kappa shape index (κ1) is 21.1. The molecule has 6 nitrogen and oxygen atoms in total. The highest BCUT2D eigenvalue weighted by molar-refractivity contribution is 5.87. The molecule has 0 spiro atoms. The molecule has 1 aromatic carbocycles. The van der Waals surface area contributed by atoms with Crippen molar-refractivity contribution in [1.29, 1.82) is 0 Å². The molecule has 0 saturated carbocycles. The second kappa shape index (κ2) is 8.56. The monoisotopic (exact) mass is 431 g/mol. The lowest BCUT2D eigenvalue weighted by Crippen LogP contribution is -2.37. The van der Waals surface area contributed by atoms with Crippen molar-refractivity contribution in [3.05, 3.63) is 47.9 Å². The van der Waals surface area contributed by atoms with Crippen LogP contribution in [0.1, 0.15) is 30.4 Å². The van der Waals surface area contributed by atoms with Gasteiger partial charge in [0.05, 0.1) is 17.5 Å². The summed E-state index contributed by atoms with van der Waals surface area (Å²) in [6.07, 6.45) is 1.21. The Balaban J connectivity index is 1.37. The van der Waals surface area contributed by atoms with Crippen molar-refractivity contribution in [2.45, 2.75) is 32.4 Å². The minimum atomic E-state index is -4.41. The fourth-order valence-electron chi connectivity index (χ4n) is 4.26. The van der Waals surface area contributed by atoms with Gasteiger partial charge >= 0.3 is 6.18 Å². The summed E-state index contributed by atoms with van der Waals surface area (Å²) < 4.78 is 39.2. The molecule has 2 aromatic heterocycles. The van der Waals surface area contributed by atoms with Gasteiger partial charge in [-0.15, -0.1) is 0 Å². The van der Waals surface area contributed by atoms with Crippen LogP contribution in [0.4, 0.5) is 24.7 Å². The number of hydrogen-bond acceptors (Lipinski definition) is 5. The van der Waals surface area contributed by atoms with Gasteiger partial charge in [-0.2, -0.15) is 13.2 Å². The largest absolute Gasteiger partial charge is 0.416 e. The van der Waals surface area contributed by atoms with Gasteiger partial charge in [0, 0.05) is 31.4 Å². The molecule has 164 valence electrons. The van der Waals surface area contributed by atoms with Crippen molar-refractivity contribution in [3.63, 3.8) is 0 Å². The van der Waals surface area contributed by atoms with E-state index in [0.717, 1.165) is 42.3 Å². The van der Waals surface area contributed by atoms with Gasteiger partial charge in [0.2, 0.25) is 0 Å². The number of benzene rings is 1. The molecule has 4 rings (SSSR count). The molecule has 1 atom stereocenters. The second-order valence-electron chi connectivity index (χ2n) is 7.96. The van der Waals surface area contributed by atoms with Crippen molar-refractivity contribution in [2.24, 2.45) is 5.92 Å². The lowest BCUT2D eigenvalue weighted by atomic mass is 9.92. The molecule has 3 aromatic rings. The number of aromatic nitrogens is 3. The maximum atomic E-state index is 13.1. The van der Waals surface area contributed by atoms with Crippen LogP contribution < -0.4 is 10.2 Å². The highest BCUT2D eigenvalue weighted by Crippen LogP contribution is 2.34. The molecule has 31 heavy (non-hydrogen) atoms.